The Morgan fingerprint density at radius 1 is 1.05 bits per heavy atom. The van der Waals surface area contributed by atoms with Gasteiger partial charge in [0.2, 0.25) is 0 Å². The summed E-state index contributed by atoms with van der Waals surface area (Å²) in [6.07, 6.45) is 13.4. The van der Waals surface area contributed by atoms with Gasteiger partial charge in [-0.3, -0.25) is 4.79 Å². The third kappa shape index (κ3) is 8.07. The standard InChI is InChI=1S/C22H25O2P.C16H28O2/c1-18-12-13-19(17-23)16-20(18)14-15-25(24,21-8-4-2-5-9-21)22-10-6-3-7-11-22;1-12(6-5-11-18-3)13-8-9-14-15(17)7-4-10-16(13,14)2/h2-11,14,19,23H,1,12-13,15-17H2;12-14H,4-11H2,1-3H3/b20-14-;/t19-;12?,13?,14-,16+/m00/s1. The van der Waals surface area contributed by atoms with Gasteiger partial charge in [0.15, 0.2) is 0 Å². The molecule has 0 radical (unpaired) electrons. The van der Waals surface area contributed by atoms with Crippen LogP contribution in [-0.2, 0) is 14.1 Å². The third-order valence-corrected chi connectivity index (χ3v) is 13.6. The fourth-order valence-corrected chi connectivity index (χ4v) is 10.6. The van der Waals surface area contributed by atoms with Crippen LogP contribution in [0.3, 0.4) is 0 Å². The minimum atomic E-state index is -2.73. The van der Waals surface area contributed by atoms with Crippen LogP contribution >= 0.6 is 7.14 Å². The lowest BCUT2D eigenvalue weighted by Crippen LogP contribution is -2.39. The van der Waals surface area contributed by atoms with Crippen molar-refractivity contribution in [2.45, 2.75) is 78.1 Å². The topological polar surface area (TPSA) is 63.6 Å². The maximum atomic E-state index is 14.0. The molecule has 0 bridgehead atoms. The zero-order valence-electron chi connectivity index (χ0n) is 26.7. The van der Waals surface area contributed by atoms with Crippen LogP contribution in [0.25, 0.3) is 0 Å². The van der Waals surface area contributed by atoms with E-state index in [0.29, 0.717) is 29.2 Å². The molecule has 43 heavy (non-hydrogen) atoms. The number of aliphatic hydroxyl groups excluding tert-OH is 1. The number of methoxy groups -OCH3 is 1. The van der Waals surface area contributed by atoms with Crippen LogP contribution < -0.4 is 10.6 Å². The molecule has 5 atom stereocenters. The summed E-state index contributed by atoms with van der Waals surface area (Å²) < 4.78 is 19.1. The molecule has 3 saturated carbocycles. The molecule has 2 unspecified atom stereocenters. The maximum absolute atomic E-state index is 14.0. The number of ketones is 1. The lowest BCUT2D eigenvalue weighted by atomic mass is 9.62. The Bertz CT molecular complexity index is 1230. The van der Waals surface area contributed by atoms with Crippen LogP contribution in [0.2, 0.25) is 0 Å². The monoisotopic (exact) mass is 604 g/mol. The van der Waals surface area contributed by atoms with Gasteiger partial charge in [-0.05, 0) is 86.5 Å². The molecule has 3 fully saturated rings. The fraction of sp³-hybridized carbons (Fsp3) is 0.553. The molecular formula is C38H53O4P. The first-order valence-electron chi connectivity index (χ1n) is 16.4. The quantitative estimate of drug-likeness (QED) is 0.220. The molecule has 2 aromatic carbocycles. The number of Topliss-reactive ketones (excluding diaryl/α,β-unsaturated/α-hetero) is 1. The second-order valence-corrected chi connectivity index (χ2v) is 16.3. The summed E-state index contributed by atoms with van der Waals surface area (Å²) >= 11 is 0. The summed E-state index contributed by atoms with van der Waals surface area (Å²) in [5, 5.41) is 11.2. The fourth-order valence-electron chi connectivity index (χ4n) is 8.07. The van der Waals surface area contributed by atoms with E-state index in [1.807, 2.05) is 60.7 Å². The zero-order chi connectivity index (χ0) is 30.9. The summed E-state index contributed by atoms with van der Waals surface area (Å²) in [6, 6.07) is 19.5. The van der Waals surface area contributed by atoms with Gasteiger partial charge >= 0.3 is 0 Å². The van der Waals surface area contributed by atoms with Crippen molar-refractivity contribution in [2.75, 3.05) is 26.5 Å². The SMILES string of the molecule is C=C1CC[C@H](CO)C/C1=C/CP(=O)(c1ccccc1)c1ccccc1.COCCCC(C)C1CC[C@H]2C(=O)CCC[C@]12C. The number of ether oxygens (including phenoxy) is 1. The van der Waals surface area contributed by atoms with Gasteiger partial charge in [-0.1, -0.05) is 92.7 Å². The predicted molar refractivity (Wildman–Crippen MR) is 180 cm³/mol. The zero-order valence-corrected chi connectivity index (χ0v) is 27.6. The van der Waals surface area contributed by atoms with E-state index < -0.39 is 7.14 Å². The molecule has 0 aromatic heterocycles. The smallest absolute Gasteiger partial charge is 0.146 e. The summed E-state index contributed by atoms with van der Waals surface area (Å²) in [7, 11) is -0.950. The first kappa shape index (κ1) is 33.6. The number of aliphatic hydroxyl groups is 1. The molecule has 0 saturated heterocycles. The average Bonchev–Trinajstić information content (AvgIpc) is 3.40. The molecule has 0 aliphatic heterocycles. The highest BCUT2D eigenvalue weighted by Gasteiger charge is 2.52. The number of hydrogen-bond acceptors (Lipinski definition) is 4. The minimum Gasteiger partial charge on any atom is -0.396 e. The van der Waals surface area contributed by atoms with E-state index in [1.54, 1.807) is 7.11 Å². The number of rotatable bonds is 10. The molecule has 5 rings (SSSR count). The molecule has 5 heteroatoms. The molecular weight excluding hydrogens is 551 g/mol. The van der Waals surface area contributed by atoms with Crippen molar-refractivity contribution in [3.63, 3.8) is 0 Å². The van der Waals surface area contributed by atoms with Gasteiger partial charge in [-0.2, -0.15) is 0 Å². The van der Waals surface area contributed by atoms with Gasteiger partial charge in [0.05, 0.1) is 0 Å². The van der Waals surface area contributed by atoms with Crippen LogP contribution in [0.5, 0.6) is 0 Å². The molecule has 3 aliphatic rings. The molecule has 0 spiro atoms. The van der Waals surface area contributed by atoms with Crippen LogP contribution in [-0.4, -0.2) is 37.4 Å². The lowest BCUT2D eigenvalue weighted by molar-refractivity contribution is -0.130. The van der Waals surface area contributed by atoms with Gasteiger partial charge in [-0.15, -0.1) is 0 Å². The number of carbonyl (C=O) groups is 1. The average molecular weight is 605 g/mol. The van der Waals surface area contributed by atoms with Crippen LogP contribution in [0.4, 0.5) is 0 Å². The molecule has 234 valence electrons. The van der Waals surface area contributed by atoms with Crippen molar-refractivity contribution < 1.29 is 19.2 Å². The van der Waals surface area contributed by atoms with E-state index >= 15 is 0 Å². The van der Waals surface area contributed by atoms with Gasteiger partial charge < -0.3 is 14.4 Å². The first-order chi connectivity index (χ1) is 20.7. The van der Waals surface area contributed by atoms with Crippen molar-refractivity contribution >= 4 is 23.5 Å². The highest BCUT2D eigenvalue weighted by molar-refractivity contribution is 7.78. The van der Waals surface area contributed by atoms with Crippen molar-refractivity contribution in [1.29, 1.82) is 0 Å². The normalized spacial score (nSPS) is 27.3. The summed E-state index contributed by atoms with van der Waals surface area (Å²) in [6.45, 7) is 10.0. The Labute approximate surface area is 260 Å². The van der Waals surface area contributed by atoms with Gasteiger partial charge in [0, 0.05) is 49.4 Å². The van der Waals surface area contributed by atoms with E-state index in [-0.39, 0.29) is 6.61 Å². The van der Waals surface area contributed by atoms with Crippen LogP contribution in [0, 0.1) is 29.1 Å². The predicted octanol–water partition coefficient (Wildman–Crippen LogP) is 8.11. The Kier molecular flexibility index (Phi) is 12.2. The summed E-state index contributed by atoms with van der Waals surface area (Å²) in [4.78, 5) is 12.1. The van der Waals surface area contributed by atoms with E-state index in [2.05, 4.69) is 26.5 Å². The van der Waals surface area contributed by atoms with E-state index in [4.69, 9.17) is 4.74 Å². The van der Waals surface area contributed by atoms with Crippen LogP contribution in [0.15, 0.2) is 84.5 Å². The Morgan fingerprint density at radius 2 is 1.70 bits per heavy atom. The second kappa shape index (κ2) is 15.6. The van der Waals surface area contributed by atoms with Gasteiger partial charge in [-0.25, -0.2) is 0 Å². The van der Waals surface area contributed by atoms with Crippen molar-refractivity contribution in [2.24, 2.45) is 29.1 Å². The number of allylic oxidation sites excluding steroid dienone is 3. The number of fused-ring (bicyclic) bond motifs is 1. The Hall–Kier alpha value is -2.26. The molecule has 4 nitrogen and oxygen atoms in total. The molecule has 0 amide bonds. The highest BCUT2D eigenvalue weighted by atomic mass is 31.2. The highest BCUT2D eigenvalue weighted by Crippen LogP contribution is 2.57. The first-order valence-corrected chi connectivity index (χ1v) is 18.3. The lowest BCUT2D eigenvalue weighted by Gasteiger charge is -2.42. The van der Waals surface area contributed by atoms with E-state index in [9.17, 15) is 14.5 Å². The Morgan fingerprint density at radius 3 is 2.30 bits per heavy atom. The minimum absolute atomic E-state index is 0.208. The molecule has 2 aromatic rings. The van der Waals surface area contributed by atoms with Crippen molar-refractivity contribution in [3.8, 4) is 0 Å². The number of hydrogen-bond donors (Lipinski definition) is 1. The number of carbonyl (C=O) groups excluding carboxylic acids is 1. The Balaban J connectivity index is 0.000000208. The molecule has 3 aliphatic carbocycles. The van der Waals surface area contributed by atoms with Gasteiger partial charge in [0.1, 0.15) is 12.9 Å². The van der Waals surface area contributed by atoms with Crippen molar-refractivity contribution in [1.82, 2.24) is 0 Å². The molecule has 1 N–H and O–H groups in total. The maximum Gasteiger partial charge on any atom is 0.146 e. The summed E-state index contributed by atoms with van der Waals surface area (Å²) in [5.41, 5.74) is 2.59. The second-order valence-electron chi connectivity index (χ2n) is 13.4. The van der Waals surface area contributed by atoms with Gasteiger partial charge in [0.25, 0.3) is 0 Å². The van der Waals surface area contributed by atoms with Crippen molar-refractivity contribution in [3.05, 3.63) is 84.5 Å². The molecule has 0 heterocycles. The van der Waals surface area contributed by atoms with Crippen LogP contribution in [0.1, 0.15) is 78.1 Å². The largest absolute Gasteiger partial charge is 0.396 e. The van der Waals surface area contributed by atoms with E-state index in [1.165, 1.54) is 19.3 Å². The summed E-state index contributed by atoms with van der Waals surface area (Å²) in [5.74, 6) is 2.71. The van der Waals surface area contributed by atoms with E-state index in [0.717, 1.165) is 85.1 Å². The number of benzene rings is 2. The third-order valence-electron chi connectivity index (χ3n) is 10.6.